The van der Waals surface area contributed by atoms with Crippen LogP contribution in [0.4, 0.5) is 0 Å². The molecule has 0 aromatic carbocycles. The largest absolute Gasteiger partial charge is 0.380 e. The van der Waals surface area contributed by atoms with Gasteiger partial charge in [0, 0.05) is 11.3 Å². The molecule has 0 N–H and O–H groups in total. The van der Waals surface area contributed by atoms with Gasteiger partial charge in [-0.2, -0.15) is 0 Å². The van der Waals surface area contributed by atoms with Gasteiger partial charge < -0.3 is 14.2 Å². The molecule has 2 atom stereocenters. The van der Waals surface area contributed by atoms with Crippen LogP contribution in [0.15, 0.2) is 0 Å². The minimum absolute atomic E-state index is 0.00822. The van der Waals surface area contributed by atoms with Crippen molar-refractivity contribution in [2.75, 3.05) is 33.0 Å². The normalized spacial score (nSPS) is 35.1. The fourth-order valence-corrected chi connectivity index (χ4v) is 2.80. The first-order chi connectivity index (χ1) is 8.20. The number of rotatable bonds is 7. The van der Waals surface area contributed by atoms with Crippen LogP contribution in [0.2, 0.25) is 0 Å². The Morgan fingerprint density at radius 3 is 2.24 bits per heavy atom. The van der Waals surface area contributed by atoms with Crippen molar-refractivity contribution in [1.29, 1.82) is 0 Å². The monoisotopic (exact) mass is 242 g/mol. The van der Waals surface area contributed by atoms with Gasteiger partial charge in [-0.1, -0.05) is 20.8 Å². The van der Waals surface area contributed by atoms with E-state index in [0.717, 1.165) is 45.9 Å². The van der Waals surface area contributed by atoms with Crippen LogP contribution in [-0.2, 0) is 14.2 Å². The SMILES string of the molecule is CCC1COC1(CC)COCC1(CC)COC1. The molecule has 2 aliphatic heterocycles. The minimum Gasteiger partial charge on any atom is -0.380 e. The molecule has 0 saturated carbocycles. The maximum absolute atomic E-state index is 5.96. The molecule has 2 unspecified atom stereocenters. The Morgan fingerprint density at radius 1 is 1.12 bits per heavy atom. The van der Waals surface area contributed by atoms with Crippen LogP contribution in [0, 0.1) is 11.3 Å². The molecule has 0 bridgehead atoms. The molecule has 0 amide bonds. The van der Waals surface area contributed by atoms with Gasteiger partial charge in [-0.15, -0.1) is 0 Å². The molecular weight excluding hydrogens is 216 g/mol. The zero-order valence-corrected chi connectivity index (χ0v) is 11.5. The summed E-state index contributed by atoms with van der Waals surface area (Å²) in [4.78, 5) is 0. The molecule has 2 heterocycles. The highest BCUT2D eigenvalue weighted by atomic mass is 16.6. The lowest BCUT2D eigenvalue weighted by Gasteiger charge is -2.49. The summed E-state index contributed by atoms with van der Waals surface area (Å²) >= 11 is 0. The van der Waals surface area contributed by atoms with E-state index in [1.165, 1.54) is 6.42 Å². The highest BCUT2D eigenvalue weighted by Gasteiger charge is 2.47. The summed E-state index contributed by atoms with van der Waals surface area (Å²) in [6.07, 6.45) is 3.39. The second-order valence-electron chi connectivity index (χ2n) is 5.67. The van der Waals surface area contributed by atoms with Gasteiger partial charge in [0.1, 0.15) is 0 Å². The van der Waals surface area contributed by atoms with Crippen LogP contribution in [0.5, 0.6) is 0 Å². The molecule has 2 aliphatic rings. The Labute approximate surface area is 105 Å². The third-order valence-corrected chi connectivity index (χ3v) is 4.73. The predicted molar refractivity (Wildman–Crippen MR) is 67.1 cm³/mol. The first-order valence-corrected chi connectivity index (χ1v) is 7.00. The molecule has 2 saturated heterocycles. The first-order valence-electron chi connectivity index (χ1n) is 7.00. The Kier molecular flexibility index (Phi) is 4.11. The molecule has 0 aliphatic carbocycles. The van der Waals surface area contributed by atoms with Crippen LogP contribution in [0.3, 0.4) is 0 Å². The van der Waals surface area contributed by atoms with Crippen LogP contribution in [0.25, 0.3) is 0 Å². The quantitative estimate of drug-likeness (QED) is 0.687. The number of ether oxygens (including phenoxy) is 3. The van der Waals surface area contributed by atoms with E-state index in [4.69, 9.17) is 14.2 Å². The van der Waals surface area contributed by atoms with Crippen LogP contribution < -0.4 is 0 Å². The first kappa shape index (κ1) is 13.3. The molecule has 3 heteroatoms. The van der Waals surface area contributed by atoms with Crippen molar-refractivity contribution >= 4 is 0 Å². The van der Waals surface area contributed by atoms with Crippen LogP contribution in [-0.4, -0.2) is 38.6 Å². The standard InChI is InChI=1S/C14H26O3/c1-4-12-7-17-14(12,6-3)11-16-10-13(5-2)8-15-9-13/h12H,4-11H2,1-3H3. The molecular formula is C14H26O3. The van der Waals surface area contributed by atoms with E-state index < -0.39 is 0 Å². The molecule has 0 aromatic rings. The molecule has 100 valence electrons. The predicted octanol–water partition coefficient (Wildman–Crippen LogP) is 2.63. The van der Waals surface area contributed by atoms with Gasteiger partial charge in [-0.05, 0) is 19.3 Å². The molecule has 0 spiro atoms. The van der Waals surface area contributed by atoms with Crippen molar-refractivity contribution in [2.45, 2.75) is 45.6 Å². The minimum atomic E-state index is 0.00822. The Hall–Kier alpha value is -0.120. The second-order valence-corrected chi connectivity index (χ2v) is 5.67. The van der Waals surface area contributed by atoms with Gasteiger partial charge in [-0.25, -0.2) is 0 Å². The Bertz CT molecular complexity index is 238. The lowest BCUT2D eigenvalue weighted by Crippen LogP contribution is -2.57. The van der Waals surface area contributed by atoms with Gasteiger partial charge in [0.2, 0.25) is 0 Å². The Balaban J connectivity index is 1.77. The fourth-order valence-electron chi connectivity index (χ4n) is 2.80. The average molecular weight is 242 g/mol. The molecule has 0 aromatic heterocycles. The summed E-state index contributed by atoms with van der Waals surface area (Å²) < 4.78 is 17.1. The smallest absolute Gasteiger partial charge is 0.0962 e. The Morgan fingerprint density at radius 2 is 1.88 bits per heavy atom. The highest BCUT2D eigenvalue weighted by molar-refractivity contribution is 4.94. The van der Waals surface area contributed by atoms with E-state index in [0.29, 0.717) is 11.3 Å². The maximum Gasteiger partial charge on any atom is 0.0962 e. The number of hydrogen-bond acceptors (Lipinski definition) is 3. The summed E-state index contributed by atoms with van der Waals surface area (Å²) in [6, 6.07) is 0. The van der Waals surface area contributed by atoms with E-state index in [2.05, 4.69) is 20.8 Å². The molecule has 17 heavy (non-hydrogen) atoms. The van der Waals surface area contributed by atoms with Crippen molar-refractivity contribution in [3.63, 3.8) is 0 Å². The summed E-state index contributed by atoms with van der Waals surface area (Å²) in [6.45, 7) is 10.9. The van der Waals surface area contributed by atoms with Crippen LogP contribution in [0.1, 0.15) is 40.0 Å². The van der Waals surface area contributed by atoms with Crippen molar-refractivity contribution in [3.05, 3.63) is 0 Å². The van der Waals surface area contributed by atoms with Crippen molar-refractivity contribution in [2.24, 2.45) is 11.3 Å². The number of hydrogen-bond donors (Lipinski definition) is 0. The molecule has 3 nitrogen and oxygen atoms in total. The fraction of sp³-hybridized carbons (Fsp3) is 1.00. The van der Waals surface area contributed by atoms with Crippen LogP contribution >= 0.6 is 0 Å². The van der Waals surface area contributed by atoms with Gasteiger partial charge in [0.25, 0.3) is 0 Å². The molecule has 2 rings (SSSR count). The van der Waals surface area contributed by atoms with Gasteiger partial charge in [-0.3, -0.25) is 0 Å². The van der Waals surface area contributed by atoms with Gasteiger partial charge in [0.05, 0.1) is 38.6 Å². The zero-order chi connectivity index (χ0) is 12.4. The summed E-state index contributed by atoms with van der Waals surface area (Å²) in [5.41, 5.74) is 0.300. The topological polar surface area (TPSA) is 27.7 Å². The summed E-state index contributed by atoms with van der Waals surface area (Å²) in [5, 5.41) is 0. The van der Waals surface area contributed by atoms with Gasteiger partial charge in [0.15, 0.2) is 0 Å². The second kappa shape index (κ2) is 5.25. The maximum atomic E-state index is 5.96. The van der Waals surface area contributed by atoms with E-state index in [-0.39, 0.29) is 5.60 Å². The third kappa shape index (κ3) is 2.38. The molecule has 2 fully saturated rings. The van der Waals surface area contributed by atoms with Crippen molar-refractivity contribution in [3.8, 4) is 0 Å². The van der Waals surface area contributed by atoms with E-state index in [1.807, 2.05) is 0 Å². The van der Waals surface area contributed by atoms with E-state index in [1.54, 1.807) is 0 Å². The lowest BCUT2D eigenvalue weighted by molar-refractivity contribution is -0.243. The summed E-state index contributed by atoms with van der Waals surface area (Å²) in [7, 11) is 0. The highest BCUT2D eigenvalue weighted by Crippen LogP contribution is 2.39. The lowest BCUT2D eigenvalue weighted by atomic mass is 9.79. The van der Waals surface area contributed by atoms with E-state index in [9.17, 15) is 0 Å². The zero-order valence-electron chi connectivity index (χ0n) is 11.5. The van der Waals surface area contributed by atoms with Crippen molar-refractivity contribution in [1.82, 2.24) is 0 Å². The van der Waals surface area contributed by atoms with Gasteiger partial charge >= 0.3 is 0 Å². The average Bonchev–Trinajstić information content (AvgIpc) is 2.27. The molecule has 0 radical (unpaired) electrons. The van der Waals surface area contributed by atoms with E-state index >= 15 is 0 Å². The summed E-state index contributed by atoms with van der Waals surface area (Å²) in [5.74, 6) is 0.683. The third-order valence-electron chi connectivity index (χ3n) is 4.73. The van der Waals surface area contributed by atoms with Crippen molar-refractivity contribution < 1.29 is 14.2 Å².